The van der Waals surface area contributed by atoms with Crippen molar-refractivity contribution in [2.45, 2.75) is 31.4 Å². The van der Waals surface area contributed by atoms with Gasteiger partial charge in [-0.1, -0.05) is 12.2 Å². The van der Waals surface area contributed by atoms with Crippen LogP contribution in [0.2, 0.25) is 0 Å². The van der Waals surface area contributed by atoms with Crippen molar-refractivity contribution >= 4 is 22.1 Å². The number of aromatic nitrogens is 2. The molecule has 16 heavy (non-hydrogen) atoms. The lowest BCUT2D eigenvalue weighted by Crippen LogP contribution is -2.12. The second-order valence-electron chi connectivity index (χ2n) is 4.22. The van der Waals surface area contributed by atoms with Crippen molar-refractivity contribution in [2.24, 2.45) is 0 Å². The van der Waals surface area contributed by atoms with E-state index in [2.05, 4.69) is 9.97 Å². The Morgan fingerprint density at radius 1 is 1.38 bits per heavy atom. The van der Waals surface area contributed by atoms with Gasteiger partial charge in [-0.15, -0.1) is 0 Å². The maximum absolute atomic E-state index is 11.2. The Morgan fingerprint density at radius 2 is 2.06 bits per heavy atom. The molecule has 1 aromatic rings. The van der Waals surface area contributed by atoms with Crippen LogP contribution in [0.5, 0.6) is 0 Å². The summed E-state index contributed by atoms with van der Waals surface area (Å²) in [6.45, 7) is 0. The van der Waals surface area contributed by atoms with Gasteiger partial charge in [-0.05, 0) is 25.7 Å². The third-order valence-corrected chi connectivity index (χ3v) is 3.79. The monoisotopic (exact) mass is 258 g/mol. The van der Waals surface area contributed by atoms with Gasteiger partial charge in [-0.2, -0.15) is 0 Å². The highest BCUT2D eigenvalue weighted by molar-refractivity contribution is 7.89. The van der Waals surface area contributed by atoms with Crippen LogP contribution in [-0.4, -0.2) is 24.6 Å². The number of hydrogen-bond donors (Lipinski definition) is 1. The van der Waals surface area contributed by atoms with Crippen LogP contribution in [0, 0.1) is 4.64 Å². The highest BCUT2D eigenvalue weighted by atomic mass is 32.2. The minimum absolute atomic E-state index is 0.0656. The van der Waals surface area contributed by atoms with Gasteiger partial charge in [0.2, 0.25) is 0 Å². The van der Waals surface area contributed by atoms with E-state index in [0.717, 1.165) is 36.9 Å². The lowest BCUT2D eigenvalue weighted by molar-refractivity contribution is 0.598. The summed E-state index contributed by atoms with van der Waals surface area (Å²) < 4.78 is 22.9. The lowest BCUT2D eigenvalue weighted by Gasteiger charge is -2.16. The molecule has 1 aromatic heterocycles. The Morgan fingerprint density at radius 3 is 2.75 bits per heavy atom. The van der Waals surface area contributed by atoms with E-state index in [-0.39, 0.29) is 5.75 Å². The molecule has 0 amide bonds. The number of nitrogens with zero attached hydrogens (tertiary/aromatic N) is 1. The molecule has 0 fully saturated rings. The summed E-state index contributed by atoms with van der Waals surface area (Å²) in [4.78, 5) is 7.26. The predicted molar refractivity (Wildman–Crippen MR) is 64.6 cm³/mol. The summed E-state index contributed by atoms with van der Waals surface area (Å²) in [5.74, 6) is 0.400. The number of sulfone groups is 1. The first-order valence-electron chi connectivity index (χ1n) is 5.24. The lowest BCUT2D eigenvalue weighted by atomic mass is 9.97. The molecule has 0 bridgehead atoms. The van der Waals surface area contributed by atoms with Crippen LogP contribution in [0.4, 0.5) is 0 Å². The SMILES string of the molecule is CS(=O)(=O)Cc1nc(=S)c2c([nH]1)CCCC2. The molecule has 0 saturated heterocycles. The molecule has 1 aliphatic carbocycles. The number of fused-ring (bicyclic) bond motifs is 1. The summed E-state index contributed by atoms with van der Waals surface area (Å²) >= 11 is 5.19. The van der Waals surface area contributed by atoms with Gasteiger partial charge in [0.15, 0.2) is 9.84 Å². The predicted octanol–water partition coefficient (Wildman–Crippen LogP) is 1.56. The van der Waals surface area contributed by atoms with Gasteiger partial charge >= 0.3 is 0 Å². The van der Waals surface area contributed by atoms with Gasteiger partial charge in [-0.25, -0.2) is 13.4 Å². The summed E-state index contributed by atoms with van der Waals surface area (Å²) in [7, 11) is -3.06. The van der Waals surface area contributed by atoms with Crippen LogP contribution in [0.15, 0.2) is 0 Å². The molecular weight excluding hydrogens is 244 g/mol. The van der Waals surface area contributed by atoms with Crippen molar-refractivity contribution < 1.29 is 8.42 Å². The van der Waals surface area contributed by atoms with E-state index in [0.29, 0.717) is 10.5 Å². The molecular formula is C10H14N2O2S2. The highest BCUT2D eigenvalue weighted by Crippen LogP contribution is 2.20. The second-order valence-corrected chi connectivity index (χ2v) is 6.75. The first kappa shape index (κ1) is 11.7. The molecule has 1 N–H and O–H groups in total. The molecule has 4 nitrogen and oxygen atoms in total. The van der Waals surface area contributed by atoms with Crippen molar-refractivity contribution in [3.05, 3.63) is 21.7 Å². The molecule has 0 atom stereocenters. The Kier molecular flexibility index (Phi) is 3.12. The Hall–Kier alpha value is -0.750. The van der Waals surface area contributed by atoms with Gasteiger partial charge in [0.1, 0.15) is 16.2 Å². The van der Waals surface area contributed by atoms with Crippen molar-refractivity contribution in [3.8, 4) is 0 Å². The third-order valence-electron chi connectivity index (χ3n) is 2.66. The number of hydrogen-bond acceptors (Lipinski definition) is 4. The van der Waals surface area contributed by atoms with Gasteiger partial charge in [0, 0.05) is 17.5 Å². The molecule has 0 aromatic carbocycles. The molecule has 0 unspecified atom stereocenters. The Labute approximate surface area is 100 Å². The topological polar surface area (TPSA) is 62.8 Å². The van der Waals surface area contributed by atoms with E-state index >= 15 is 0 Å². The third kappa shape index (κ3) is 2.68. The molecule has 2 rings (SSSR count). The zero-order valence-corrected chi connectivity index (χ0v) is 10.7. The largest absolute Gasteiger partial charge is 0.346 e. The molecule has 0 radical (unpaired) electrons. The summed E-state index contributed by atoms with van der Waals surface area (Å²) in [6.07, 6.45) is 5.36. The van der Waals surface area contributed by atoms with Crippen LogP contribution in [0.1, 0.15) is 29.9 Å². The van der Waals surface area contributed by atoms with Crippen LogP contribution >= 0.6 is 12.2 Å². The zero-order valence-electron chi connectivity index (χ0n) is 9.12. The molecule has 1 heterocycles. The quantitative estimate of drug-likeness (QED) is 0.818. The van der Waals surface area contributed by atoms with Crippen molar-refractivity contribution in [1.82, 2.24) is 9.97 Å². The highest BCUT2D eigenvalue weighted by Gasteiger charge is 2.15. The molecule has 1 aliphatic rings. The number of aromatic amines is 1. The van der Waals surface area contributed by atoms with Crippen LogP contribution in [0.3, 0.4) is 0 Å². The molecule has 88 valence electrons. The number of nitrogens with one attached hydrogen (secondary N) is 1. The van der Waals surface area contributed by atoms with Crippen LogP contribution in [0.25, 0.3) is 0 Å². The Balaban J connectivity index is 2.43. The van der Waals surface area contributed by atoms with Gasteiger partial charge in [0.05, 0.1) is 0 Å². The van der Waals surface area contributed by atoms with E-state index in [1.54, 1.807) is 0 Å². The smallest absolute Gasteiger partial charge is 0.154 e. The minimum Gasteiger partial charge on any atom is -0.346 e. The van der Waals surface area contributed by atoms with Gasteiger partial charge in [0.25, 0.3) is 0 Å². The van der Waals surface area contributed by atoms with E-state index in [1.165, 1.54) is 6.26 Å². The number of aryl methyl sites for hydroxylation is 1. The average molecular weight is 258 g/mol. The first-order chi connectivity index (χ1) is 7.46. The maximum Gasteiger partial charge on any atom is 0.154 e. The molecule has 0 saturated carbocycles. The number of rotatable bonds is 2. The molecule has 0 aliphatic heterocycles. The zero-order chi connectivity index (χ0) is 11.8. The van der Waals surface area contributed by atoms with Gasteiger partial charge < -0.3 is 4.98 Å². The van der Waals surface area contributed by atoms with Gasteiger partial charge in [-0.3, -0.25) is 0 Å². The van der Waals surface area contributed by atoms with Crippen molar-refractivity contribution in [3.63, 3.8) is 0 Å². The van der Waals surface area contributed by atoms with E-state index in [1.807, 2.05) is 0 Å². The molecule has 6 heteroatoms. The summed E-state index contributed by atoms with van der Waals surface area (Å²) in [5, 5.41) is 0. The minimum atomic E-state index is -3.06. The summed E-state index contributed by atoms with van der Waals surface area (Å²) in [6, 6.07) is 0. The van der Waals surface area contributed by atoms with Crippen LogP contribution in [-0.2, 0) is 28.4 Å². The Bertz CT molecular complexity index is 561. The van der Waals surface area contributed by atoms with E-state index in [9.17, 15) is 8.42 Å². The standard InChI is InChI=1S/C10H14N2O2S2/c1-16(13,14)6-9-11-8-5-3-2-4-7(8)10(15)12-9/h2-6H2,1H3,(H,11,12,15). The maximum atomic E-state index is 11.2. The fourth-order valence-electron chi connectivity index (χ4n) is 1.99. The van der Waals surface area contributed by atoms with E-state index < -0.39 is 9.84 Å². The van der Waals surface area contributed by atoms with Crippen molar-refractivity contribution in [1.29, 1.82) is 0 Å². The fourth-order valence-corrected chi connectivity index (χ4v) is 2.96. The average Bonchev–Trinajstić information content (AvgIpc) is 2.15. The first-order valence-corrected chi connectivity index (χ1v) is 7.71. The van der Waals surface area contributed by atoms with E-state index in [4.69, 9.17) is 12.2 Å². The number of H-pyrrole nitrogens is 1. The van der Waals surface area contributed by atoms with Crippen molar-refractivity contribution in [2.75, 3.05) is 6.26 Å². The second kappa shape index (κ2) is 4.25. The molecule has 0 spiro atoms. The fraction of sp³-hybridized carbons (Fsp3) is 0.600. The van der Waals surface area contributed by atoms with Crippen LogP contribution < -0.4 is 0 Å². The normalized spacial score (nSPS) is 15.8. The summed E-state index contributed by atoms with van der Waals surface area (Å²) in [5.41, 5.74) is 2.17.